The number of para-hydroxylation sites is 1. The molecule has 146 valence electrons. The van der Waals surface area contributed by atoms with E-state index in [0.717, 1.165) is 5.69 Å². The SMILES string of the molecule is Cc1c(N/N=C(\C(=O)c2ccco2)c2ccco2)c(=O)n(-c2ccccc2)n1C. The molecule has 0 saturated heterocycles. The summed E-state index contributed by atoms with van der Waals surface area (Å²) in [6.07, 6.45) is 2.84. The molecular weight excluding hydrogens is 372 g/mol. The second-order valence-corrected chi connectivity index (χ2v) is 6.29. The number of nitrogens with one attached hydrogen (secondary N) is 1. The highest BCUT2D eigenvalue weighted by atomic mass is 16.3. The number of ketones is 1. The Balaban J connectivity index is 1.75. The Labute approximate surface area is 165 Å². The average molecular weight is 390 g/mol. The number of furan rings is 2. The molecule has 0 aliphatic heterocycles. The first-order chi connectivity index (χ1) is 14.1. The second kappa shape index (κ2) is 7.51. The smallest absolute Gasteiger partial charge is 0.296 e. The van der Waals surface area contributed by atoms with Gasteiger partial charge in [-0.3, -0.25) is 19.7 Å². The summed E-state index contributed by atoms with van der Waals surface area (Å²) in [6, 6.07) is 15.7. The minimum absolute atomic E-state index is 0.00105. The zero-order valence-electron chi connectivity index (χ0n) is 15.8. The summed E-state index contributed by atoms with van der Waals surface area (Å²) < 4.78 is 13.8. The van der Waals surface area contributed by atoms with Gasteiger partial charge < -0.3 is 8.83 Å². The van der Waals surface area contributed by atoms with E-state index in [1.807, 2.05) is 30.3 Å². The van der Waals surface area contributed by atoms with Crippen molar-refractivity contribution in [3.63, 3.8) is 0 Å². The van der Waals surface area contributed by atoms with Gasteiger partial charge in [-0.05, 0) is 43.3 Å². The van der Waals surface area contributed by atoms with Gasteiger partial charge in [-0.2, -0.15) is 5.10 Å². The summed E-state index contributed by atoms with van der Waals surface area (Å²) in [6.45, 7) is 1.79. The van der Waals surface area contributed by atoms with Crippen LogP contribution in [-0.4, -0.2) is 20.9 Å². The number of hydrogen-bond donors (Lipinski definition) is 1. The van der Waals surface area contributed by atoms with Crippen LogP contribution in [0.2, 0.25) is 0 Å². The zero-order valence-corrected chi connectivity index (χ0v) is 15.8. The quantitative estimate of drug-likeness (QED) is 0.309. The van der Waals surface area contributed by atoms with Crippen molar-refractivity contribution in [1.82, 2.24) is 9.36 Å². The molecule has 0 aliphatic rings. The summed E-state index contributed by atoms with van der Waals surface area (Å²) in [5, 5.41) is 4.20. The number of nitrogens with zero attached hydrogens (tertiary/aromatic N) is 3. The summed E-state index contributed by atoms with van der Waals surface area (Å²) >= 11 is 0. The number of Topliss-reactive ketones (excluding diaryl/α,β-unsaturated/α-hetero) is 1. The van der Waals surface area contributed by atoms with Crippen LogP contribution in [0.1, 0.15) is 22.0 Å². The number of hydrogen-bond acceptors (Lipinski definition) is 6. The Morgan fingerprint density at radius 1 is 0.966 bits per heavy atom. The van der Waals surface area contributed by atoms with Gasteiger partial charge in [-0.25, -0.2) is 4.68 Å². The van der Waals surface area contributed by atoms with E-state index in [9.17, 15) is 9.59 Å². The average Bonchev–Trinajstić information content (AvgIpc) is 3.48. The van der Waals surface area contributed by atoms with Crippen LogP contribution in [0.3, 0.4) is 0 Å². The minimum atomic E-state index is -0.464. The van der Waals surface area contributed by atoms with Crippen LogP contribution in [0, 0.1) is 6.92 Å². The van der Waals surface area contributed by atoms with Crippen molar-refractivity contribution in [2.24, 2.45) is 12.1 Å². The molecule has 0 bridgehead atoms. The van der Waals surface area contributed by atoms with Crippen molar-refractivity contribution in [3.8, 4) is 5.69 Å². The summed E-state index contributed by atoms with van der Waals surface area (Å²) in [5.41, 5.74) is 4.10. The van der Waals surface area contributed by atoms with E-state index in [1.165, 1.54) is 23.3 Å². The Hall–Kier alpha value is -4.07. The molecular formula is C21H18N4O4. The van der Waals surface area contributed by atoms with Crippen LogP contribution in [-0.2, 0) is 7.05 Å². The van der Waals surface area contributed by atoms with Gasteiger partial charge in [0, 0.05) is 7.05 Å². The van der Waals surface area contributed by atoms with E-state index in [4.69, 9.17) is 8.83 Å². The molecule has 1 N–H and O–H groups in total. The number of benzene rings is 1. The Bertz CT molecular complexity index is 1210. The van der Waals surface area contributed by atoms with Crippen LogP contribution in [0.15, 0.2) is 85.9 Å². The normalized spacial score (nSPS) is 11.6. The van der Waals surface area contributed by atoms with Crippen LogP contribution in [0.4, 0.5) is 5.69 Å². The van der Waals surface area contributed by atoms with Gasteiger partial charge in [0.25, 0.3) is 11.3 Å². The molecule has 0 saturated carbocycles. The van der Waals surface area contributed by atoms with E-state index in [-0.39, 0.29) is 28.5 Å². The van der Waals surface area contributed by atoms with Crippen LogP contribution < -0.4 is 11.0 Å². The maximum atomic E-state index is 13.0. The van der Waals surface area contributed by atoms with Crippen molar-refractivity contribution in [2.45, 2.75) is 6.92 Å². The molecule has 0 fully saturated rings. The first kappa shape index (κ1) is 18.3. The molecule has 0 atom stereocenters. The number of aromatic nitrogens is 2. The molecule has 1 aromatic carbocycles. The van der Waals surface area contributed by atoms with Crippen LogP contribution in [0.25, 0.3) is 5.69 Å². The number of rotatable bonds is 6. The lowest BCUT2D eigenvalue weighted by Gasteiger charge is -2.07. The van der Waals surface area contributed by atoms with Gasteiger partial charge in [0.05, 0.1) is 23.9 Å². The monoisotopic (exact) mass is 390 g/mol. The Morgan fingerprint density at radius 2 is 1.62 bits per heavy atom. The highest BCUT2D eigenvalue weighted by Crippen LogP contribution is 2.15. The highest BCUT2D eigenvalue weighted by Gasteiger charge is 2.22. The van der Waals surface area contributed by atoms with Crippen molar-refractivity contribution in [2.75, 3.05) is 5.43 Å². The van der Waals surface area contributed by atoms with Crippen LogP contribution >= 0.6 is 0 Å². The fourth-order valence-corrected chi connectivity index (χ4v) is 2.96. The molecule has 4 aromatic rings. The fourth-order valence-electron chi connectivity index (χ4n) is 2.96. The van der Waals surface area contributed by atoms with Gasteiger partial charge in [0.2, 0.25) is 0 Å². The Kier molecular flexibility index (Phi) is 4.74. The maximum Gasteiger partial charge on any atom is 0.296 e. The summed E-state index contributed by atoms with van der Waals surface area (Å²) in [5.74, 6) is -0.0845. The lowest BCUT2D eigenvalue weighted by atomic mass is 10.1. The number of anilines is 1. The van der Waals surface area contributed by atoms with E-state index in [1.54, 1.807) is 36.9 Å². The third-order valence-electron chi connectivity index (χ3n) is 4.55. The highest BCUT2D eigenvalue weighted by molar-refractivity contribution is 6.50. The minimum Gasteiger partial charge on any atom is -0.462 e. The molecule has 0 amide bonds. The molecule has 3 aromatic heterocycles. The maximum absolute atomic E-state index is 13.0. The van der Waals surface area contributed by atoms with E-state index in [0.29, 0.717) is 5.69 Å². The van der Waals surface area contributed by atoms with E-state index >= 15 is 0 Å². The Morgan fingerprint density at radius 3 is 2.24 bits per heavy atom. The standard InChI is InChI=1S/C21H18N4O4/c1-14-18(21(27)25(24(14)2)15-8-4-3-5-9-15)22-23-19(16-10-6-12-28-16)20(26)17-11-7-13-29-17/h3-13,22H,1-2H3/b23-19-. The molecule has 8 nitrogen and oxygen atoms in total. The van der Waals surface area contributed by atoms with Gasteiger partial charge in [0.1, 0.15) is 5.69 Å². The molecule has 0 unspecified atom stereocenters. The fraction of sp³-hybridized carbons (Fsp3) is 0.0952. The molecule has 3 heterocycles. The summed E-state index contributed by atoms with van der Waals surface area (Å²) in [7, 11) is 1.78. The molecule has 0 radical (unpaired) electrons. The molecule has 8 heteroatoms. The largest absolute Gasteiger partial charge is 0.462 e. The third kappa shape index (κ3) is 3.31. The van der Waals surface area contributed by atoms with Gasteiger partial charge in [0.15, 0.2) is 17.2 Å². The molecule has 0 aliphatic carbocycles. The first-order valence-electron chi connectivity index (χ1n) is 8.87. The van der Waals surface area contributed by atoms with Crippen molar-refractivity contribution < 1.29 is 13.6 Å². The van der Waals surface area contributed by atoms with Crippen molar-refractivity contribution >= 4 is 17.2 Å². The third-order valence-corrected chi connectivity index (χ3v) is 4.55. The first-order valence-corrected chi connectivity index (χ1v) is 8.87. The number of carbonyl (C=O) groups is 1. The van der Waals surface area contributed by atoms with Crippen molar-refractivity contribution in [3.05, 3.63) is 94.7 Å². The molecule has 0 spiro atoms. The predicted molar refractivity (Wildman–Crippen MR) is 108 cm³/mol. The lowest BCUT2D eigenvalue weighted by Crippen LogP contribution is -2.21. The van der Waals surface area contributed by atoms with Gasteiger partial charge in [-0.1, -0.05) is 18.2 Å². The van der Waals surface area contributed by atoms with Crippen LogP contribution in [0.5, 0.6) is 0 Å². The topological polar surface area (TPSA) is 94.7 Å². The second-order valence-electron chi connectivity index (χ2n) is 6.29. The van der Waals surface area contributed by atoms with Gasteiger partial charge in [-0.15, -0.1) is 0 Å². The molecule has 4 rings (SSSR count). The van der Waals surface area contributed by atoms with E-state index < -0.39 is 5.78 Å². The number of hydrazone groups is 1. The number of carbonyl (C=O) groups excluding carboxylic acids is 1. The molecule has 29 heavy (non-hydrogen) atoms. The lowest BCUT2D eigenvalue weighted by molar-refractivity contribution is 0.104. The van der Waals surface area contributed by atoms with Gasteiger partial charge >= 0.3 is 0 Å². The zero-order chi connectivity index (χ0) is 20.4. The van der Waals surface area contributed by atoms with E-state index in [2.05, 4.69) is 10.5 Å². The van der Waals surface area contributed by atoms with Crippen molar-refractivity contribution in [1.29, 1.82) is 0 Å². The summed E-state index contributed by atoms with van der Waals surface area (Å²) in [4.78, 5) is 25.8. The predicted octanol–water partition coefficient (Wildman–Crippen LogP) is 3.37.